The van der Waals surface area contributed by atoms with Crippen molar-refractivity contribution in [3.63, 3.8) is 0 Å². The molecule has 0 radical (unpaired) electrons. The lowest BCUT2D eigenvalue weighted by atomic mass is 9.95. The molecule has 1 fully saturated rings. The van der Waals surface area contributed by atoms with E-state index in [4.69, 9.17) is 4.99 Å². The summed E-state index contributed by atoms with van der Waals surface area (Å²) in [5, 5.41) is 5.00. The van der Waals surface area contributed by atoms with E-state index in [0.717, 1.165) is 25.0 Å². The molecular weight excluding hydrogens is 290 g/mol. The van der Waals surface area contributed by atoms with Gasteiger partial charge in [0.05, 0.1) is 18.6 Å². The van der Waals surface area contributed by atoms with Gasteiger partial charge in [-0.2, -0.15) is 0 Å². The topological polar surface area (TPSA) is 27.6 Å². The molecule has 22 heavy (non-hydrogen) atoms. The van der Waals surface area contributed by atoms with E-state index in [1.54, 1.807) is 0 Å². The van der Waals surface area contributed by atoms with E-state index in [2.05, 4.69) is 54.4 Å². The largest absolute Gasteiger partial charge is 0.349 e. The first-order valence-corrected chi connectivity index (χ1v) is 9.08. The molecule has 116 valence electrons. The van der Waals surface area contributed by atoms with E-state index >= 15 is 0 Å². The second-order valence-corrected chi connectivity index (χ2v) is 7.82. The molecular formula is C18H23N3S. The van der Waals surface area contributed by atoms with Crippen LogP contribution in [-0.4, -0.2) is 30.0 Å². The quantitative estimate of drug-likeness (QED) is 0.907. The average Bonchev–Trinajstić information content (AvgIpc) is 3.11. The Labute approximate surface area is 136 Å². The molecule has 3 unspecified atom stereocenters. The fraction of sp³-hybridized carbons (Fsp3) is 0.500. The van der Waals surface area contributed by atoms with Gasteiger partial charge < -0.3 is 10.2 Å². The maximum atomic E-state index is 4.77. The standard InChI is InChI=1S/C18H23N3S/c1-12-7-8-15-10-19-18(21(15)11-12)20-13(2)17-9-14-5-3-4-6-16(14)22-17/h3-6,9,12-13,15H,7-8,10-11H2,1-2H3,(H,19,20). The van der Waals surface area contributed by atoms with E-state index in [9.17, 15) is 0 Å². The van der Waals surface area contributed by atoms with Gasteiger partial charge in [0.25, 0.3) is 0 Å². The highest BCUT2D eigenvalue weighted by atomic mass is 32.1. The van der Waals surface area contributed by atoms with Crippen LogP contribution in [0.2, 0.25) is 0 Å². The number of hydrogen-bond donors (Lipinski definition) is 1. The van der Waals surface area contributed by atoms with E-state index in [-0.39, 0.29) is 0 Å². The highest BCUT2D eigenvalue weighted by Crippen LogP contribution is 2.31. The highest BCUT2D eigenvalue weighted by molar-refractivity contribution is 7.19. The monoisotopic (exact) mass is 313 g/mol. The van der Waals surface area contributed by atoms with Crippen LogP contribution in [0.4, 0.5) is 0 Å². The van der Waals surface area contributed by atoms with Crippen LogP contribution in [0, 0.1) is 5.92 Å². The lowest BCUT2D eigenvalue weighted by Gasteiger charge is -2.36. The Morgan fingerprint density at radius 1 is 1.32 bits per heavy atom. The Balaban J connectivity index is 1.50. The summed E-state index contributed by atoms with van der Waals surface area (Å²) < 4.78 is 1.36. The summed E-state index contributed by atoms with van der Waals surface area (Å²) in [7, 11) is 0. The van der Waals surface area contributed by atoms with Gasteiger partial charge >= 0.3 is 0 Å². The molecule has 1 aromatic heterocycles. The molecule has 2 aliphatic rings. The van der Waals surface area contributed by atoms with Crippen LogP contribution >= 0.6 is 11.3 Å². The Kier molecular flexibility index (Phi) is 3.57. The molecule has 1 N–H and O–H groups in total. The summed E-state index contributed by atoms with van der Waals surface area (Å²) in [6.07, 6.45) is 2.63. The third-order valence-electron chi connectivity index (χ3n) is 4.88. The van der Waals surface area contributed by atoms with Gasteiger partial charge in [-0.1, -0.05) is 25.1 Å². The van der Waals surface area contributed by atoms with Crippen LogP contribution < -0.4 is 5.32 Å². The summed E-state index contributed by atoms with van der Waals surface area (Å²) in [4.78, 5) is 8.65. The van der Waals surface area contributed by atoms with Crippen LogP contribution in [0.15, 0.2) is 35.3 Å². The van der Waals surface area contributed by atoms with Gasteiger partial charge in [-0.25, -0.2) is 0 Å². The van der Waals surface area contributed by atoms with Crippen molar-refractivity contribution in [3.8, 4) is 0 Å². The van der Waals surface area contributed by atoms with Crippen molar-refractivity contribution in [2.75, 3.05) is 13.1 Å². The number of thiophene rings is 1. The van der Waals surface area contributed by atoms with Crippen molar-refractivity contribution >= 4 is 27.4 Å². The number of fused-ring (bicyclic) bond motifs is 2. The number of aliphatic imine (C=N–C) groups is 1. The normalized spacial score (nSPS) is 25.9. The summed E-state index contributed by atoms with van der Waals surface area (Å²) in [6.45, 7) is 6.71. The molecule has 0 spiro atoms. The first-order chi connectivity index (χ1) is 10.7. The van der Waals surface area contributed by atoms with E-state index < -0.39 is 0 Å². The van der Waals surface area contributed by atoms with Crippen LogP contribution in [-0.2, 0) is 0 Å². The van der Waals surface area contributed by atoms with Crippen molar-refractivity contribution in [3.05, 3.63) is 35.2 Å². The van der Waals surface area contributed by atoms with Gasteiger partial charge in [0.1, 0.15) is 0 Å². The zero-order chi connectivity index (χ0) is 15.1. The van der Waals surface area contributed by atoms with Crippen molar-refractivity contribution < 1.29 is 0 Å². The van der Waals surface area contributed by atoms with Gasteiger partial charge in [0.15, 0.2) is 5.96 Å². The summed E-state index contributed by atoms with van der Waals surface area (Å²) >= 11 is 1.88. The second kappa shape index (κ2) is 5.58. The lowest BCUT2D eigenvalue weighted by molar-refractivity contribution is 0.210. The SMILES string of the molecule is CC1CCC2CN=C(NC(C)c3cc4ccccc4s3)N2C1. The van der Waals surface area contributed by atoms with Gasteiger partial charge in [-0.15, -0.1) is 11.3 Å². The van der Waals surface area contributed by atoms with E-state index in [0.29, 0.717) is 12.1 Å². The molecule has 4 heteroatoms. The molecule has 1 aromatic carbocycles. The summed E-state index contributed by atoms with van der Waals surface area (Å²) in [6, 6.07) is 11.9. The minimum absolute atomic E-state index is 0.312. The molecule has 2 aliphatic heterocycles. The number of guanidine groups is 1. The number of piperidine rings is 1. The number of benzene rings is 1. The zero-order valence-electron chi connectivity index (χ0n) is 13.2. The Morgan fingerprint density at radius 2 is 2.18 bits per heavy atom. The summed E-state index contributed by atoms with van der Waals surface area (Å²) in [5.41, 5.74) is 0. The molecule has 0 saturated carbocycles. The fourth-order valence-corrected chi connectivity index (χ4v) is 4.62. The molecule has 0 aliphatic carbocycles. The smallest absolute Gasteiger partial charge is 0.194 e. The van der Waals surface area contributed by atoms with Crippen molar-refractivity contribution in [2.24, 2.45) is 10.9 Å². The molecule has 3 heterocycles. The molecule has 2 aromatic rings. The van der Waals surface area contributed by atoms with Gasteiger partial charge in [0, 0.05) is 16.1 Å². The molecule has 0 bridgehead atoms. The first-order valence-electron chi connectivity index (χ1n) is 8.27. The maximum Gasteiger partial charge on any atom is 0.194 e. The predicted octanol–water partition coefficient (Wildman–Crippen LogP) is 4.02. The molecule has 1 saturated heterocycles. The number of nitrogens with zero attached hydrogens (tertiary/aromatic N) is 2. The van der Waals surface area contributed by atoms with Crippen molar-refractivity contribution in [2.45, 2.75) is 38.8 Å². The van der Waals surface area contributed by atoms with E-state index in [1.165, 1.54) is 27.8 Å². The summed E-state index contributed by atoms with van der Waals surface area (Å²) in [5.74, 6) is 1.89. The Bertz CT molecular complexity index is 672. The van der Waals surface area contributed by atoms with Gasteiger partial charge in [-0.05, 0) is 43.2 Å². The lowest BCUT2D eigenvalue weighted by Crippen LogP contribution is -2.48. The van der Waals surface area contributed by atoms with Crippen LogP contribution in [0.3, 0.4) is 0 Å². The third kappa shape index (κ3) is 2.50. The molecule has 0 amide bonds. The van der Waals surface area contributed by atoms with Crippen molar-refractivity contribution in [1.29, 1.82) is 0 Å². The zero-order valence-corrected chi connectivity index (χ0v) is 14.1. The van der Waals surface area contributed by atoms with Crippen molar-refractivity contribution in [1.82, 2.24) is 10.2 Å². The molecule has 4 rings (SSSR count). The second-order valence-electron chi connectivity index (χ2n) is 6.71. The number of rotatable bonds is 2. The number of hydrogen-bond acceptors (Lipinski definition) is 4. The van der Waals surface area contributed by atoms with Crippen LogP contribution in [0.25, 0.3) is 10.1 Å². The molecule has 3 atom stereocenters. The van der Waals surface area contributed by atoms with Gasteiger partial charge in [0.2, 0.25) is 0 Å². The van der Waals surface area contributed by atoms with E-state index in [1.807, 2.05) is 11.3 Å². The Hall–Kier alpha value is -1.55. The van der Waals surface area contributed by atoms with Crippen LogP contribution in [0.5, 0.6) is 0 Å². The average molecular weight is 313 g/mol. The third-order valence-corrected chi connectivity index (χ3v) is 6.18. The predicted molar refractivity (Wildman–Crippen MR) is 94.6 cm³/mol. The number of nitrogens with one attached hydrogen (secondary N) is 1. The minimum atomic E-state index is 0.312. The fourth-order valence-electron chi connectivity index (χ4n) is 3.55. The highest BCUT2D eigenvalue weighted by Gasteiger charge is 2.33. The minimum Gasteiger partial charge on any atom is -0.349 e. The molecule has 3 nitrogen and oxygen atoms in total. The van der Waals surface area contributed by atoms with Crippen LogP contribution in [0.1, 0.15) is 37.6 Å². The first kappa shape index (κ1) is 14.1. The Morgan fingerprint density at radius 3 is 3.05 bits per heavy atom. The van der Waals surface area contributed by atoms with Gasteiger partial charge in [-0.3, -0.25) is 4.99 Å². The maximum absolute atomic E-state index is 4.77.